The van der Waals surface area contributed by atoms with Crippen LogP contribution < -0.4 is 15.8 Å². The molecule has 9 nitrogen and oxygen atoms in total. The third kappa shape index (κ3) is 2.08. The normalized spacial score (nSPS) is 15.0. The number of rotatable bonds is 2. The standard InChI is InChI=1S/C13H9N3O6/c17-9-6-15(10(18)5-14-9)11-7-3-1-2-4-8(7)22-13(19)12(11)16(20)21/h1-4H,5-6H2,(H,14,17). The highest BCUT2D eigenvalue weighted by Gasteiger charge is 2.34. The number of nitrogens with one attached hydrogen (secondary N) is 1. The van der Waals surface area contributed by atoms with Gasteiger partial charge < -0.3 is 9.73 Å². The van der Waals surface area contributed by atoms with Crippen molar-refractivity contribution in [3.8, 4) is 0 Å². The zero-order chi connectivity index (χ0) is 15.9. The first kappa shape index (κ1) is 13.7. The molecule has 1 saturated heterocycles. The highest BCUT2D eigenvalue weighted by atomic mass is 16.6. The zero-order valence-electron chi connectivity index (χ0n) is 11.1. The van der Waals surface area contributed by atoms with Crippen LogP contribution in [0.4, 0.5) is 11.4 Å². The second-order valence-electron chi connectivity index (χ2n) is 4.60. The minimum absolute atomic E-state index is 0.104. The van der Waals surface area contributed by atoms with Gasteiger partial charge in [0.15, 0.2) is 0 Å². The molecule has 2 aromatic rings. The van der Waals surface area contributed by atoms with Crippen LogP contribution in [0.1, 0.15) is 0 Å². The van der Waals surface area contributed by atoms with Gasteiger partial charge >= 0.3 is 11.3 Å². The summed E-state index contributed by atoms with van der Waals surface area (Å²) in [6, 6.07) is 6.12. The highest BCUT2D eigenvalue weighted by molar-refractivity contribution is 6.11. The van der Waals surface area contributed by atoms with E-state index >= 15 is 0 Å². The monoisotopic (exact) mass is 303 g/mol. The number of carbonyl (C=O) groups is 2. The number of para-hydroxylation sites is 1. The van der Waals surface area contributed by atoms with Crippen LogP contribution in [-0.2, 0) is 9.59 Å². The molecule has 0 spiro atoms. The molecule has 1 N–H and O–H groups in total. The molecule has 0 unspecified atom stereocenters. The van der Waals surface area contributed by atoms with Gasteiger partial charge in [0.25, 0.3) is 0 Å². The van der Waals surface area contributed by atoms with Crippen LogP contribution in [0.3, 0.4) is 0 Å². The van der Waals surface area contributed by atoms with Crippen LogP contribution in [0.15, 0.2) is 33.5 Å². The van der Waals surface area contributed by atoms with E-state index in [1.807, 2.05) is 0 Å². The number of nitrogens with zero attached hydrogens (tertiary/aromatic N) is 2. The van der Waals surface area contributed by atoms with Crippen molar-refractivity contribution >= 4 is 34.2 Å². The Labute approximate surface area is 122 Å². The topological polar surface area (TPSA) is 123 Å². The van der Waals surface area contributed by atoms with E-state index in [1.54, 1.807) is 12.1 Å². The summed E-state index contributed by atoms with van der Waals surface area (Å²) in [4.78, 5) is 46.7. The first-order valence-corrected chi connectivity index (χ1v) is 6.26. The van der Waals surface area contributed by atoms with E-state index in [1.165, 1.54) is 12.1 Å². The average molecular weight is 303 g/mol. The Kier molecular flexibility index (Phi) is 3.09. The number of fused-ring (bicyclic) bond motifs is 1. The second kappa shape index (κ2) is 4.95. The molecule has 1 fully saturated rings. The minimum Gasteiger partial charge on any atom is -0.418 e. The molecule has 2 heterocycles. The predicted octanol–water partition coefficient (Wildman–Crippen LogP) is 0.164. The Balaban J connectivity index is 2.36. The number of hydrogen-bond acceptors (Lipinski definition) is 6. The lowest BCUT2D eigenvalue weighted by atomic mass is 10.1. The molecule has 0 radical (unpaired) electrons. The van der Waals surface area contributed by atoms with Crippen molar-refractivity contribution in [2.75, 3.05) is 18.0 Å². The number of hydrogen-bond donors (Lipinski definition) is 1. The van der Waals surface area contributed by atoms with Gasteiger partial charge in [-0.3, -0.25) is 24.6 Å². The number of anilines is 1. The van der Waals surface area contributed by atoms with Crippen molar-refractivity contribution in [1.82, 2.24) is 5.32 Å². The van der Waals surface area contributed by atoms with E-state index < -0.39 is 34.6 Å². The lowest BCUT2D eigenvalue weighted by Crippen LogP contribution is -2.52. The Hall–Kier alpha value is -3.23. The third-order valence-electron chi connectivity index (χ3n) is 3.25. The number of piperazine rings is 1. The van der Waals surface area contributed by atoms with Crippen molar-refractivity contribution in [2.45, 2.75) is 0 Å². The molecular weight excluding hydrogens is 294 g/mol. The Morgan fingerprint density at radius 1 is 1.23 bits per heavy atom. The van der Waals surface area contributed by atoms with E-state index in [2.05, 4.69) is 5.32 Å². The predicted molar refractivity (Wildman–Crippen MR) is 74.5 cm³/mol. The van der Waals surface area contributed by atoms with Crippen LogP contribution in [0.25, 0.3) is 11.0 Å². The van der Waals surface area contributed by atoms with Crippen molar-refractivity contribution in [2.24, 2.45) is 0 Å². The van der Waals surface area contributed by atoms with Crippen LogP contribution in [0, 0.1) is 10.1 Å². The summed E-state index contributed by atoms with van der Waals surface area (Å²) < 4.78 is 4.91. The van der Waals surface area contributed by atoms with Gasteiger partial charge in [0.1, 0.15) is 17.8 Å². The largest absolute Gasteiger partial charge is 0.418 e. The fourth-order valence-electron chi connectivity index (χ4n) is 2.32. The molecule has 3 rings (SSSR count). The molecule has 0 bridgehead atoms. The Morgan fingerprint density at radius 3 is 2.68 bits per heavy atom. The van der Waals surface area contributed by atoms with E-state index in [-0.39, 0.29) is 23.2 Å². The molecule has 2 amide bonds. The molecule has 0 atom stereocenters. The average Bonchev–Trinajstić information content (AvgIpc) is 2.48. The summed E-state index contributed by atoms with van der Waals surface area (Å²) in [5, 5.41) is 13.8. The molecular formula is C13H9N3O6. The van der Waals surface area contributed by atoms with Gasteiger partial charge in [-0.05, 0) is 12.1 Å². The van der Waals surface area contributed by atoms with Crippen molar-refractivity contribution in [3.63, 3.8) is 0 Å². The highest BCUT2D eigenvalue weighted by Crippen LogP contribution is 2.33. The summed E-state index contributed by atoms with van der Waals surface area (Å²) in [5.74, 6) is -1.01. The quantitative estimate of drug-likeness (QED) is 0.479. The molecule has 1 aliphatic heterocycles. The van der Waals surface area contributed by atoms with Crippen molar-refractivity contribution < 1.29 is 18.9 Å². The maximum absolute atomic E-state index is 12.0. The first-order valence-electron chi connectivity index (χ1n) is 6.26. The lowest BCUT2D eigenvalue weighted by Gasteiger charge is -2.26. The zero-order valence-corrected chi connectivity index (χ0v) is 11.1. The number of amides is 2. The maximum Gasteiger partial charge on any atom is 0.417 e. The van der Waals surface area contributed by atoms with Gasteiger partial charge in [0, 0.05) is 5.39 Å². The number of carbonyl (C=O) groups excluding carboxylic acids is 2. The minimum atomic E-state index is -1.17. The molecule has 22 heavy (non-hydrogen) atoms. The van der Waals surface area contributed by atoms with Gasteiger partial charge in [0.05, 0.1) is 11.5 Å². The van der Waals surface area contributed by atoms with E-state index in [4.69, 9.17) is 4.42 Å². The fraction of sp³-hybridized carbons (Fsp3) is 0.154. The second-order valence-corrected chi connectivity index (χ2v) is 4.60. The molecule has 112 valence electrons. The summed E-state index contributed by atoms with van der Waals surface area (Å²) >= 11 is 0. The number of benzene rings is 1. The Morgan fingerprint density at radius 2 is 1.95 bits per heavy atom. The van der Waals surface area contributed by atoms with Crippen LogP contribution in [0.2, 0.25) is 0 Å². The van der Waals surface area contributed by atoms with E-state index in [0.717, 1.165) is 4.90 Å². The van der Waals surface area contributed by atoms with Crippen LogP contribution in [-0.4, -0.2) is 29.8 Å². The molecule has 1 aliphatic rings. The SMILES string of the molecule is O=C1CN(c2c([N+](=O)[O-])c(=O)oc3ccccc23)C(=O)CN1. The Bertz CT molecular complexity index is 872. The van der Waals surface area contributed by atoms with Gasteiger partial charge in [-0.15, -0.1) is 0 Å². The molecule has 1 aromatic carbocycles. The van der Waals surface area contributed by atoms with E-state index in [0.29, 0.717) is 0 Å². The fourth-order valence-corrected chi connectivity index (χ4v) is 2.32. The molecule has 1 aromatic heterocycles. The first-order chi connectivity index (χ1) is 10.5. The van der Waals surface area contributed by atoms with Crippen LogP contribution in [0.5, 0.6) is 0 Å². The summed E-state index contributed by atoms with van der Waals surface area (Å²) in [6.07, 6.45) is 0. The molecule has 0 aliphatic carbocycles. The third-order valence-corrected chi connectivity index (χ3v) is 3.25. The van der Waals surface area contributed by atoms with Gasteiger partial charge in [-0.25, -0.2) is 4.79 Å². The van der Waals surface area contributed by atoms with Gasteiger partial charge in [0.2, 0.25) is 11.8 Å². The van der Waals surface area contributed by atoms with Gasteiger partial charge in [-0.2, -0.15) is 0 Å². The van der Waals surface area contributed by atoms with E-state index in [9.17, 15) is 24.5 Å². The number of nitro groups is 1. The lowest BCUT2D eigenvalue weighted by molar-refractivity contribution is -0.386. The van der Waals surface area contributed by atoms with Crippen molar-refractivity contribution in [3.05, 3.63) is 44.8 Å². The van der Waals surface area contributed by atoms with Crippen LogP contribution >= 0.6 is 0 Å². The molecule has 9 heteroatoms. The smallest absolute Gasteiger partial charge is 0.417 e. The van der Waals surface area contributed by atoms with Gasteiger partial charge in [-0.1, -0.05) is 12.1 Å². The maximum atomic E-state index is 12.0. The summed E-state index contributed by atoms with van der Waals surface area (Å²) in [5.41, 5.74) is -2.14. The van der Waals surface area contributed by atoms with Crippen molar-refractivity contribution in [1.29, 1.82) is 0 Å². The molecule has 0 saturated carbocycles. The summed E-state index contributed by atoms with van der Waals surface area (Å²) in [7, 11) is 0. The summed E-state index contributed by atoms with van der Waals surface area (Å²) in [6.45, 7) is -0.683.